The maximum Gasteiger partial charge on any atom is 0.127 e. The van der Waals surface area contributed by atoms with Gasteiger partial charge in [-0.1, -0.05) is 49.2 Å². The van der Waals surface area contributed by atoms with E-state index >= 15 is 0 Å². The molecule has 0 aliphatic heterocycles. The molecule has 0 radical (unpaired) electrons. The molecule has 0 heterocycles. The highest BCUT2D eigenvalue weighted by molar-refractivity contribution is 5.34. The number of nitrogens with zero attached hydrogens (tertiary/aromatic N) is 1. The summed E-state index contributed by atoms with van der Waals surface area (Å²) in [6, 6.07) is 13.3. The number of halogens is 2. The number of hydrogen-bond acceptors (Lipinski definition) is 1. The van der Waals surface area contributed by atoms with Crippen molar-refractivity contribution in [2.45, 2.75) is 31.6 Å². The van der Waals surface area contributed by atoms with Crippen LogP contribution < -0.4 is 0 Å². The van der Waals surface area contributed by atoms with Crippen molar-refractivity contribution in [2.75, 3.05) is 6.54 Å². The monoisotopic (exact) mass is 301 g/mol. The Labute approximate surface area is 130 Å². The molecule has 2 aromatic carbocycles. The van der Waals surface area contributed by atoms with E-state index < -0.39 is 0 Å². The first-order chi connectivity index (χ1) is 10.7. The third-order valence-corrected chi connectivity index (χ3v) is 3.87. The first kappa shape index (κ1) is 16.3. The molecule has 0 spiro atoms. The zero-order valence-corrected chi connectivity index (χ0v) is 12.6. The average molecular weight is 301 g/mol. The minimum absolute atomic E-state index is 0.251. The second-order valence-electron chi connectivity index (χ2n) is 5.39. The van der Waals surface area contributed by atoms with Gasteiger partial charge in [0.05, 0.1) is 0 Å². The molecule has 0 bridgehead atoms. The predicted molar refractivity (Wildman–Crippen MR) is 87.5 cm³/mol. The number of unbranched alkanes of at least 4 members (excludes halogenated alkanes) is 2. The van der Waals surface area contributed by atoms with E-state index in [9.17, 15) is 8.78 Å². The van der Waals surface area contributed by atoms with E-state index in [1.165, 1.54) is 12.1 Å². The highest BCUT2D eigenvalue weighted by Crippen LogP contribution is 2.33. The molecule has 0 unspecified atom stereocenters. The van der Waals surface area contributed by atoms with E-state index in [1.807, 2.05) is 0 Å². The first-order valence-electron chi connectivity index (χ1n) is 7.65. The van der Waals surface area contributed by atoms with Crippen LogP contribution in [0.4, 0.5) is 8.78 Å². The zero-order valence-electron chi connectivity index (χ0n) is 12.6. The molecule has 0 atom stereocenters. The van der Waals surface area contributed by atoms with Gasteiger partial charge in [-0.15, -0.1) is 0 Å². The smallest absolute Gasteiger partial charge is 0.127 e. The van der Waals surface area contributed by atoms with Crippen molar-refractivity contribution in [1.82, 2.24) is 0 Å². The lowest BCUT2D eigenvalue weighted by molar-refractivity contribution is 0.537. The van der Waals surface area contributed by atoms with Crippen LogP contribution >= 0.6 is 0 Å². The summed E-state index contributed by atoms with van der Waals surface area (Å²) in [6.07, 6.45) is 3.57. The fourth-order valence-corrected chi connectivity index (χ4v) is 2.74. The van der Waals surface area contributed by atoms with Gasteiger partial charge in [0.1, 0.15) is 11.6 Å². The van der Waals surface area contributed by atoms with Crippen molar-refractivity contribution in [3.8, 4) is 0 Å². The summed E-state index contributed by atoms with van der Waals surface area (Å²) < 4.78 is 28.3. The van der Waals surface area contributed by atoms with Crippen molar-refractivity contribution in [2.24, 2.45) is 4.99 Å². The second kappa shape index (κ2) is 8.42. The Balaban J connectivity index is 2.20. The van der Waals surface area contributed by atoms with Crippen LogP contribution in [-0.2, 0) is 0 Å². The molecule has 2 rings (SSSR count). The molecule has 1 nitrogen and oxygen atoms in total. The lowest BCUT2D eigenvalue weighted by atomic mass is 9.86. The molecule has 0 aliphatic rings. The summed E-state index contributed by atoms with van der Waals surface area (Å²) in [5, 5.41) is 0. The van der Waals surface area contributed by atoms with Crippen LogP contribution in [0.25, 0.3) is 0 Å². The molecule has 0 amide bonds. The highest BCUT2D eigenvalue weighted by Gasteiger charge is 2.20. The number of aliphatic imine (C=N–C) groups is 1. The van der Waals surface area contributed by atoms with Gasteiger partial charge in [0, 0.05) is 12.5 Å². The van der Waals surface area contributed by atoms with Crippen LogP contribution in [0.2, 0.25) is 0 Å². The molecule has 0 aliphatic carbocycles. The minimum Gasteiger partial charge on any atom is -0.301 e. The topological polar surface area (TPSA) is 12.4 Å². The van der Waals surface area contributed by atoms with Gasteiger partial charge in [-0.05, 0) is 42.8 Å². The lowest BCUT2D eigenvalue weighted by Gasteiger charge is -2.19. The molecule has 22 heavy (non-hydrogen) atoms. The summed E-state index contributed by atoms with van der Waals surface area (Å²) in [4.78, 5) is 3.83. The Bertz CT molecular complexity index is 564. The number of hydrogen-bond donors (Lipinski definition) is 0. The SMILES string of the molecule is C=NCCCCCC(c1ccccc1F)c1ccccc1F. The molecule has 0 saturated carbocycles. The number of benzene rings is 2. The lowest BCUT2D eigenvalue weighted by Crippen LogP contribution is -2.06. The van der Waals surface area contributed by atoms with Gasteiger partial charge < -0.3 is 4.99 Å². The Morgan fingerprint density at radius 3 is 1.86 bits per heavy atom. The van der Waals surface area contributed by atoms with E-state index in [2.05, 4.69) is 11.7 Å². The van der Waals surface area contributed by atoms with Crippen molar-refractivity contribution in [1.29, 1.82) is 0 Å². The van der Waals surface area contributed by atoms with Crippen LogP contribution in [0, 0.1) is 11.6 Å². The van der Waals surface area contributed by atoms with Crippen LogP contribution in [0.5, 0.6) is 0 Å². The van der Waals surface area contributed by atoms with Gasteiger partial charge >= 0.3 is 0 Å². The molecular weight excluding hydrogens is 280 g/mol. The Morgan fingerprint density at radius 1 is 0.818 bits per heavy atom. The highest BCUT2D eigenvalue weighted by atomic mass is 19.1. The Kier molecular flexibility index (Phi) is 6.26. The average Bonchev–Trinajstić information content (AvgIpc) is 2.53. The van der Waals surface area contributed by atoms with Gasteiger partial charge in [0.2, 0.25) is 0 Å². The van der Waals surface area contributed by atoms with Gasteiger partial charge in [0.25, 0.3) is 0 Å². The molecule has 0 fully saturated rings. The van der Waals surface area contributed by atoms with Gasteiger partial charge in [0.15, 0.2) is 0 Å². The largest absolute Gasteiger partial charge is 0.301 e. The van der Waals surface area contributed by atoms with Crippen molar-refractivity contribution in [3.63, 3.8) is 0 Å². The number of rotatable bonds is 8. The fourth-order valence-electron chi connectivity index (χ4n) is 2.74. The maximum atomic E-state index is 14.1. The molecule has 116 valence electrons. The van der Waals surface area contributed by atoms with E-state index in [-0.39, 0.29) is 17.6 Å². The van der Waals surface area contributed by atoms with Crippen molar-refractivity contribution >= 4 is 6.72 Å². The van der Waals surface area contributed by atoms with Crippen LogP contribution in [-0.4, -0.2) is 13.3 Å². The molecule has 3 heteroatoms. The van der Waals surface area contributed by atoms with Crippen molar-refractivity contribution in [3.05, 3.63) is 71.3 Å². The van der Waals surface area contributed by atoms with E-state index in [1.54, 1.807) is 36.4 Å². The summed E-state index contributed by atoms with van der Waals surface area (Å²) in [5.41, 5.74) is 1.13. The first-order valence-corrected chi connectivity index (χ1v) is 7.65. The summed E-state index contributed by atoms with van der Waals surface area (Å²) >= 11 is 0. The Morgan fingerprint density at radius 2 is 1.36 bits per heavy atom. The standard InChI is InChI=1S/C19H21F2N/c1-22-14-8-2-3-9-15(16-10-4-6-12-18(16)20)17-11-5-7-13-19(17)21/h4-7,10-13,15H,1-3,8-9,14H2. The molecule has 0 aromatic heterocycles. The van der Waals surface area contributed by atoms with E-state index in [4.69, 9.17) is 0 Å². The van der Waals surface area contributed by atoms with Gasteiger partial charge in [-0.25, -0.2) is 8.78 Å². The van der Waals surface area contributed by atoms with E-state index in [0.29, 0.717) is 11.1 Å². The van der Waals surface area contributed by atoms with Gasteiger partial charge in [-0.3, -0.25) is 0 Å². The molecule has 0 saturated heterocycles. The normalized spacial score (nSPS) is 10.9. The zero-order chi connectivity index (χ0) is 15.8. The third kappa shape index (κ3) is 4.23. The second-order valence-corrected chi connectivity index (χ2v) is 5.39. The third-order valence-electron chi connectivity index (χ3n) is 3.87. The van der Waals surface area contributed by atoms with E-state index in [0.717, 1.165) is 32.2 Å². The quantitative estimate of drug-likeness (QED) is 0.460. The summed E-state index contributed by atoms with van der Waals surface area (Å²) in [5.74, 6) is -0.800. The van der Waals surface area contributed by atoms with Crippen molar-refractivity contribution < 1.29 is 8.78 Å². The van der Waals surface area contributed by atoms with Crippen LogP contribution in [0.3, 0.4) is 0 Å². The molecule has 0 N–H and O–H groups in total. The summed E-state index contributed by atoms with van der Waals surface area (Å²) in [7, 11) is 0. The molecular formula is C19H21F2N. The van der Waals surface area contributed by atoms with Crippen LogP contribution in [0.15, 0.2) is 53.5 Å². The Hall–Kier alpha value is -2.03. The molecule has 2 aromatic rings. The predicted octanol–water partition coefficient (Wildman–Crippen LogP) is 5.36. The minimum atomic E-state index is -0.275. The fraction of sp³-hybridized carbons (Fsp3) is 0.316. The maximum absolute atomic E-state index is 14.1. The van der Waals surface area contributed by atoms with Crippen LogP contribution in [0.1, 0.15) is 42.7 Å². The summed E-state index contributed by atoms with van der Waals surface area (Å²) in [6.45, 7) is 4.20. The van der Waals surface area contributed by atoms with Gasteiger partial charge in [-0.2, -0.15) is 0 Å².